The van der Waals surface area contributed by atoms with Crippen LogP contribution in [0, 0.1) is 28.6 Å². The molecule has 4 aliphatic carbocycles. The summed E-state index contributed by atoms with van der Waals surface area (Å²) in [5.74, 6) is -0.762. The number of hydrogen-bond donors (Lipinski definition) is 2. The molecule has 0 aliphatic heterocycles. The molecule has 2 saturated carbocycles. The van der Waals surface area contributed by atoms with Gasteiger partial charge in [0, 0.05) is 16.9 Å². The number of esters is 1. The van der Waals surface area contributed by atoms with Crippen molar-refractivity contribution in [3.63, 3.8) is 0 Å². The SMILES string of the molecule is CC(OC(=O)CCC(=O)O)[C@@]1(O)CC[C@H]2[C@@H]3C=C(Cl)C4=CC(=O)CC[C@]4(C)[C@H]3CC[C@@]21C. The summed E-state index contributed by atoms with van der Waals surface area (Å²) in [6, 6.07) is 0. The average molecular weight is 465 g/mol. The zero-order valence-corrected chi connectivity index (χ0v) is 19.8. The molecule has 0 saturated heterocycles. The highest BCUT2D eigenvalue weighted by Gasteiger charge is 2.66. The van der Waals surface area contributed by atoms with Crippen LogP contribution in [0.15, 0.2) is 22.8 Å². The van der Waals surface area contributed by atoms with Crippen LogP contribution in [0.5, 0.6) is 0 Å². The van der Waals surface area contributed by atoms with Crippen molar-refractivity contribution in [2.45, 2.75) is 83.8 Å². The highest BCUT2D eigenvalue weighted by atomic mass is 35.5. The summed E-state index contributed by atoms with van der Waals surface area (Å²) in [7, 11) is 0. The Hall–Kier alpha value is -1.66. The first-order valence-electron chi connectivity index (χ1n) is 11.7. The summed E-state index contributed by atoms with van der Waals surface area (Å²) in [6.07, 6.45) is 7.00. The van der Waals surface area contributed by atoms with Gasteiger partial charge in [-0.3, -0.25) is 14.4 Å². The third-order valence-corrected chi connectivity index (χ3v) is 9.63. The second-order valence-corrected chi connectivity index (χ2v) is 11.1. The molecule has 0 radical (unpaired) electrons. The van der Waals surface area contributed by atoms with E-state index in [1.165, 1.54) is 0 Å². The number of allylic oxidation sites excluding steroid dienone is 4. The van der Waals surface area contributed by atoms with E-state index in [1.54, 1.807) is 13.0 Å². The van der Waals surface area contributed by atoms with E-state index in [2.05, 4.69) is 19.9 Å². The first-order valence-corrected chi connectivity index (χ1v) is 12.1. The number of carbonyl (C=O) groups is 3. The summed E-state index contributed by atoms with van der Waals surface area (Å²) in [4.78, 5) is 35.0. The van der Waals surface area contributed by atoms with Crippen LogP contribution < -0.4 is 0 Å². The van der Waals surface area contributed by atoms with E-state index in [1.807, 2.05) is 0 Å². The highest BCUT2D eigenvalue weighted by molar-refractivity contribution is 6.32. The lowest BCUT2D eigenvalue weighted by atomic mass is 9.48. The highest BCUT2D eigenvalue weighted by Crippen LogP contribution is 2.67. The van der Waals surface area contributed by atoms with Crippen molar-refractivity contribution >= 4 is 29.3 Å². The lowest BCUT2D eigenvalue weighted by Crippen LogP contribution is -2.58. The molecule has 0 heterocycles. The lowest BCUT2D eigenvalue weighted by Gasteiger charge is -2.58. The van der Waals surface area contributed by atoms with Gasteiger partial charge in [0.15, 0.2) is 5.78 Å². The van der Waals surface area contributed by atoms with Gasteiger partial charge in [-0.25, -0.2) is 0 Å². The molecular formula is C25H33ClO6. The van der Waals surface area contributed by atoms with Gasteiger partial charge in [-0.2, -0.15) is 0 Å². The summed E-state index contributed by atoms with van der Waals surface area (Å²) in [5, 5.41) is 21.3. The van der Waals surface area contributed by atoms with Crippen LogP contribution in [0.4, 0.5) is 0 Å². The summed E-state index contributed by atoms with van der Waals surface area (Å²) in [6.45, 7) is 6.05. The number of aliphatic carboxylic acids is 1. The molecule has 4 aliphatic rings. The van der Waals surface area contributed by atoms with E-state index in [0.717, 1.165) is 31.3 Å². The predicted molar refractivity (Wildman–Crippen MR) is 119 cm³/mol. The number of ketones is 1. The van der Waals surface area contributed by atoms with Crippen LogP contribution in [-0.4, -0.2) is 39.6 Å². The van der Waals surface area contributed by atoms with Crippen LogP contribution in [0.25, 0.3) is 0 Å². The Morgan fingerprint density at radius 2 is 1.88 bits per heavy atom. The van der Waals surface area contributed by atoms with Crippen molar-refractivity contribution in [3.8, 4) is 0 Å². The van der Waals surface area contributed by atoms with E-state index in [-0.39, 0.29) is 35.9 Å². The van der Waals surface area contributed by atoms with Gasteiger partial charge in [0.05, 0.1) is 12.8 Å². The predicted octanol–water partition coefficient (Wildman–Crippen LogP) is 4.39. The zero-order chi connectivity index (χ0) is 23.5. The number of rotatable bonds is 5. The van der Waals surface area contributed by atoms with Crippen molar-refractivity contribution in [2.24, 2.45) is 28.6 Å². The third kappa shape index (κ3) is 3.45. The molecule has 0 bridgehead atoms. The van der Waals surface area contributed by atoms with Gasteiger partial charge in [-0.1, -0.05) is 31.5 Å². The monoisotopic (exact) mass is 464 g/mol. The normalized spacial score (nSPS) is 41.5. The Morgan fingerprint density at radius 1 is 1.19 bits per heavy atom. The van der Waals surface area contributed by atoms with Crippen molar-refractivity contribution in [1.82, 2.24) is 0 Å². The number of ether oxygens (including phenoxy) is 1. The molecule has 4 rings (SSSR count). The minimum Gasteiger partial charge on any atom is -0.481 e. The van der Waals surface area contributed by atoms with E-state index in [4.69, 9.17) is 21.4 Å². The third-order valence-electron chi connectivity index (χ3n) is 9.30. The first-order chi connectivity index (χ1) is 14.9. The Balaban J connectivity index is 1.60. The smallest absolute Gasteiger partial charge is 0.306 e. The maximum Gasteiger partial charge on any atom is 0.306 e. The molecule has 1 unspecified atom stereocenters. The molecule has 0 amide bonds. The molecule has 0 aromatic carbocycles. The fourth-order valence-electron chi connectivity index (χ4n) is 7.35. The molecule has 7 heteroatoms. The largest absolute Gasteiger partial charge is 0.481 e. The fourth-order valence-corrected chi connectivity index (χ4v) is 7.77. The lowest BCUT2D eigenvalue weighted by molar-refractivity contribution is -0.191. The van der Waals surface area contributed by atoms with Gasteiger partial charge >= 0.3 is 11.9 Å². The van der Waals surface area contributed by atoms with Crippen LogP contribution in [0.3, 0.4) is 0 Å². The molecular weight excluding hydrogens is 432 g/mol. The van der Waals surface area contributed by atoms with E-state index >= 15 is 0 Å². The van der Waals surface area contributed by atoms with Gasteiger partial charge in [0.25, 0.3) is 0 Å². The van der Waals surface area contributed by atoms with E-state index < -0.39 is 29.1 Å². The number of hydrogen-bond acceptors (Lipinski definition) is 5. The standard InChI is InChI=1S/C25H33ClO6/c1-14(32-22(30)5-4-21(28)29)25(31)11-8-18-16-13-20(26)19-12-15(27)6-9-23(19,2)17(16)7-10-24(18,25)3/h12-14,16-18,31H,4-11H2,1-3H3,(H,28,29)/t14?,16-,17+,18+,23-,24+,25+/m1/s1. The summed E-state index contributed by atoms with van der Waals surface area (Å²) in [5.41, 5.74) is -0.798. The second-order valence-electron chi connectivity index (χ2n) is 10.7. The minimum absolute atomic E-state index is 0.136. The van der Waals surface area contributed by atoms with Crippen molar-refractivity contribution in [1.29, 1.82) is 0 Å². The molecule has 2 N–H and O–H groups in total. The number of fused-ring (bicyclic) bond motifs is 5. The summed E-state index contributed by atoms with van der Waals surface area (Å²) >= 11 is 6.72. The van der Waals surface area contributed by atoms with E-state index in [9.17, 15) is 19.5 Å². The van der Waals surface area contributed by atoms with Crippen LogP contribution in [0.2, 0.25) is 0 Å². The molecule has 6 nitrogen and oxygen atoms in total. The Morgan fingerprint density at radius 3 is 2.56 bits per heavy atom. The molecule has 7 atom stereocenters. The summed E-state index contributed by atoms with van der Waals surface area (Å²) < 4.78 is 5.54. The van der Waals surface area contributed by atoms with Gasteiger partial charge in [0.1, 0.15) is 11.7 Å². The van der Waals surface area contributed by atoms with Gasteiger partial charge in [-0.15, -0.1) is 0 Å². The average Bonchev–Trinajstić information content (AvgIpc) is 3.00. The Labute approximate surface area is 194 Å². The van der Waals surface area contributed by atoms with Crippen LogP contribution in [-0.2, 0) is 19.1 Å². The molecule has 0 aromatic heterocycles. The topological polar surface area (TPSA) is 101 Å². The van der Waals surface area contributed by atoms with Crippen LogP contribution in [0.1, 0.15) is 72.1 Å². The molecule has 0 aromatic rings. The second kappa shape index (κ2) is 7.98. The number of aliphatic hydroxyl groups is 1. The molecule has 0 spiro atoms. The number of halogens is 1. The minimum atomic E-state index is -1.18. The molecule has 32 heavy (non-hydrogen) atoms. The quantitative estimate of drug-likeness (QED) is 0.585. The number of carboxylic acid groups (broad SMARTS) is 1. The number of carbonyl (C=O) groups excluding carboxylic acids is 2. The van der Waals surface area contributed by atoms with Gasteiger partial charge < -0.3 is 14.9 Å². The number of carboxylic acids is 1. The zero-order valence-electron chi connectivity index (χ0n) is 19.0. The molecule has 176 valence electrons. The fraction of sp³-hybridized carbons (Fsp3) is 0.720. The maximum absolute atomic E-state index is 12.2. The maximum atomic E-state index is 12.2. The first kappa shape index (κ1) is 23.5. The Bertz CT molecular complexity index is 908. The Kier molecular flexibility index (Phi) is 5.86. The van der Waals surface area contributed by atoms with E-state index in [0.29, 0.717) is 23.8 Å². The van der Waals surface area contributed by atoms with Crippen molar-refractivity contribution < 1.29 is 29.3 Å². The van der Waals surface area contributed by atoms with Crippen LogP contribution >= 0.6 is 11.6 Å². The van der Waals surface area contributed by atoms with Gasteiger partial charge in [0.2, 0.25) is 0 Å². The van der Waals surface area contributed by atoms with Crippen molar-refractivity contribution in [2.75, 3.05) is 0 Å². The van der Waals surface area contributed by atoms with Crippen molar-refractivity contribution in [3.05, 3.63) is 22.8 Å². The molecule has 2 fully saturated rings. The van der Waals surface area contributed by atoms with Gasteiger partial charge in [-0.05, 0) is 73.8 Å².